The first-order chi connectivity index (χ1) is 15.7. The van der Waals surface area contributed by atoms with E-state index in [2.05, 4.69) is 30.7 Å². The first-order valence-corrected chi connectivity index (χ1v) is 12.6. The predicted molar refractivity (Wildman–Crippen MR) is 129 cm³/mol. The third-order valence-corrected chi connectivity index (χ3v) is 6.55. The SMILES string of the molecule is C[S+]([O-])c1cncc(-c2ccc3nc(NC(=O)NCCc4noc(C(C)(C)C)n4)sc3c2)c1. The maximum absolute atomic E-state index is 12.3. The molecule has 3 heterocycles. The van der Waals surface area contributed by atoms with Gasteiger partial charge >= 0.3 is 6.03 Å². The number of hydrogen-bond donors (Lipinski definition) is 2. The van der Waals surface area contributed by atoms with Gasteiger partial charge in [0.2, 0.25) is 5.89 Å². The molecule has 1 atom stereocenters. The Balaban J connectivity index is 1.37. The van der Waals surface area contributed by atoms with Crippen molar-refractivity contribution in [2.45, 2.75) is 37.5 Å². The van der Waals surface area contributed by atoms with E-state index in [0.717, 1.165) is 21.3 Å². The van der Waals surface area contributed by atoms with Crippen LogP contribution in [0.4, 0.5) is 9.93 Å². The van der Waals surface area contributed by atoms with E-state index in [9.17, 15) is 9.35 Å². The van der Waals surface area contributed by atoms with Gasteiger partial charge in [-0.05, 0) is 28.9 Å². The lowest BCUT2D eigenvalue weighted by Crippen LogP contribution is -2.30. The van der Waals surface area contributed by atoms with Crippen LogP contribution in [0.3, 0.4) is 0 Å². The quantitative estimate of drug-likeness (QED) is 0.394. The van der Waals surface area contributed by atoms with Gasteiger partial charge in [-0.15, -0.1) is 0 Å². The lowest BCUT2D eigenvalue weighted by atomic mass is 9.97. The van der Waals surface area contributed by atoms with Gasteiger partial charge in [-0.3, -0.25) is 10.3 Å². The topological polar surface area (TPSA) is 129 Å². The summed E-state index contributed by atoms with van der Waals surface area (Å²) in [7, 11) is 0. The van der Waals surface area contributed by atoms with Gasteiger partial charge in [0.1, 0.15) is 6.26 Å². The number of urea groups is 1. The maximum atomic E-state index is 12.3. The zero-order valence-electron chi connectivity index (χ0n) is 18.7. The minimum Gasteiger partial charge on any atom is -0.612 e. The van der Waals surface area contributed by atoms with E-state index in [-0.39, 0.29) is 11.4 Å². The molecule has 0 fully saturated rings. The van der Waals surface area contributed by atoms with Crippen LogP contribution in [0.1, 0.15) is 32.5 Å². The Morgan fingerprint density at radius 3 is 2.73 bits per heavy atom. The fraction of sp³-hybridized carbons (Fsp3) is 0.318. The molecule has 0 aliphatic carbocycles. The normalized spacial score (nSPS) is 12.6. The summed E-state index contributed by atoms with van der Waals surface area (Å²) in [6.07, 6.45) is 5.43. The molecule has 3 aromatic heterocycles. The smallest absolute Gasteiger partial charge is 0.321 e. The second-order valence-corrected chi connectivity index (χ2v) is 10.9. The van der Waals surface area contributed by atoms with Crippen molar-refractivity contribution in [3.8, 4) is 11.1 Å². The molecule has 4 rings (SSSR count). The molecule has 11 heteroatoms. The third-order valence-electron chi connectivity index (χ3n) is 4.73. The molecule has 0 bridgehead atoms. The molecule has 0 aliphatic rings. The summed E-state index contributed by atoms with van der Waals surface area (Å²) >= 11 is 0.277. The third kappa shape index (κ3) is 5.67. The number of nitrogens with one attached hydrogen (secondary N) is 2. The Morgan fingerprint density at radius 1 is 1.18 bits per heavy atom. The number of fused-ring (bicyclic) bond motifs is 1. The molecule has 1 aromatic carbocycles. The summed E-state index contributed by atoms with van der Waals surface area (Å²) in [6, 6.07) is 7.33. The van der Waals surface area contributed by atoms with Gasteiger partial charge in [-0.25, -0.2) is 9.78 Å². The second-order valence-electron chi connectivity index (χ2n) is 8.46. The predicted octanol–water partition coefficient (Wildman–Crippen LogP) is 4.14. The highest BCUT2D eigenvalue weighted by Gasteiger charge is 2.21. The van der Waals surface area contributed by atoms with Crippen LogP contribution in [0.2, 0.25) is 0 Å². The number of thiazole rings is 1. The molecule has 2 N–H and O–H groups in total. The number of aromatic nitrogens is 4. The number of carbonyl (C=O) groups excluding carboxylic acids is 1. The van der Waals surface area contributed by atoms with E-state index in [1.54, 1.807) is 18.6 Å². The maximum Gasteiger partial charge on any atom is 0.321 e. The van der Waals surface area contributed by atoms with E-state index in [4.69, 9.17) is 4.52 Å². The van der Waals surface area contributed by atoms with Gasteiger partial charge in [0.15, 0.2) is 15.9 Å². The number of benzene rings is 1. The van der Waals surface area contributed by atoms with E-state index < -0.39 is 11.2 Å². The van der Waals surface area contributed by atoms with Gasteiger partial charge in [-0.1, -0.05) is 43.3 Å². The largest absolute Gasteiger partial charge is 0.612 e. The fourth-order valence-electron chi connectivity index (χ4n) is 2.98. The number of pyridine rings is 1. The van der Waals surface area contributed by atoms with Crippen LogP contribution in [0, 0.1) is 0 Å². The van der Waals surface area contributed by atoms with Crippen LogP contribution in [0.5, 0.6) is 0 Å². The number of rotatable bonds is 6. The number of nitrogens with zero attached hydrogens (tertiary/aromatic N) is 4. The van der Waals surface area contributed by atoms with Crippen LogP contribution < -0.4 is 10.6 Å². The summed E-state index contributed by atoms with van der Waals surface area (Å²) < 4.78 is 17.9. The van der Waals surface area contributed by atoms with E-state index in [1.165, 1.54) is 11.3 Å². The molecule has 33 heavy (non-hydrogen) atoms. The van der Waals surface area contributed by atoms with Crippen LogP contribution >= 0.6 is 11.3 Å². The van der Waals surface area contributed by atoms with Crippen LogP contribution in [-0.2, 0) is 23.0 Å². The molecule has 172 valence electrons. The van der Waals surface area contributed by atoms with Gasteiger partial charge in [-0.2, -0.15) is 4.98 Å². The Bertz CT molecular complexity index is 1280. The summed E-state index contributed by atoms with van der Waals surface area (Å²) in [5.41, 5.74) is 2.39. The van der Waals surface area contributed by atoms with Crippen molar-refractivity contribution in [1.82, 2.24) is 25.4 Å². The standard InChI is InChI=1S/C22H24N6O3S2/c1-22(2,3)19-26-18(28-31-19)7-8-24-20(29)27-21-25-16-6-5-13(10-17(16)32-21)14-9-15(33(4)30)12-23-11-14/h5-6,9-12H,7-8H2,1-4H3,(H2,24,25,27,29). The number of amides is 2. The van der Waals surface area contributed by atoms with Crippen LogP contribution in [-0.4, -0.2) is 43.5 Å². The van der Waals surface area contributed by atoms with Crippen molar-refractivity contribution in [2.24, 2.45) is 0 Å². The second kappa shape index (κ2) is 9.46. The molecule has 0 saturated heterocycles. The van der Waals surface area contributed by atoms with E-state index in [1.807, 2.05) is 45.0 Å². The highest BCUT2D eigenvalue weighted by molar-refractivity contribution is 7.90. The fourth-order valence-corrected chi connectivity index (χ4v) is 4.38. The number of hydrogen-bond acceptors (Lipinski definition) is 8. The van der Waals surface area contributed by atoms with Crippen molar-refractivity contribution in [3.63, 3.8) is 0 Å². The number of carbonyl (C=O) groups is 1. The zero-order valence-corrected chi connectivity index (χ0v) is 20.3. The van der Waals surface area contributed by atoms with Gasteiger partial charge < -0.3 is 14.4 Å². The summed E-state index contributed by atoms with van der Waals surface area (Å²) in [4.78, 5) is 26.0. The molecular weight excluding hydrogens is 460 g/mol. The Kier molecular flexibility index (Phi) is 6.63. The molecule has 0 aliphatic heterocycles. The van der Waals surface area contributed by atoms with Crippen molar-refractivity contribution in [2.75, 3.05) is 18.1 Å². The molecule has 0 saturated carbocycles. The van der Waals surface area contributed by atoms with Gasteiger partial charge in [0, 0.05) is 36.2 Å². The molecule has 1 unspecified atom stereocenters. The van der Waals surface area contributed by atoms with Crippen molar-refractivity contribution in [3.05, 3.63) is 48.4 Å². The van der Waals surface area contributed by atoms with E-state index in [0.29, 0.717) is 34.7 Å². The number of anilines is 1. The zero-order chi connectivity index (χ0) is 23.6. The lowest BCUT2D eigenvalue weighted by molar-refractivity contribution is 0.252. The highest BCUT2D eigenvalue weighted by Crippen LogP contribution is 2.31. The van der Waals surface area contributed by atoms with Crippen LogP contribution in [0.15, 0.2) is 46.1 Å². The monoisotopic (exact) mass is 484 g/mol. The minimum atomic E-state index is -1.10. The minimum absolute atomic E-state index is 0.211. The Hall–Kier alpha value is -3.02. The summed E-state index contributed by atoms with van der Waals surface area (Å²) in [6.45, 7) is 6.36. The Morgan fingerprint density at radius 2 is 2.00 bits per heavy atom. The Labute approximate surface area is 198 Å². The van der Waals surface area contributed by atoms with E-state index >= 15 is 0 Å². The van der Waals surface area contributed by atoms with Crippen molar-refractivity contribution >= 4 is 43.9 Å². The first kappa shape index (κ1) is 23.1. The first-order valence-electron chi connectivity index (χ1n) is 10.3. The summed E-state index contributed by atoms with van der Waals surface area (Å²) in [5.74, 6) is 1.12. The molecule has 0 spiro atoms. The molecular formula is C22H24N6O3S2. The summed E-state index contributed by atoms with van der Waals surface area (Å²) in [5, 5.41) is 10.0. The van der Waals surface area contributed by atoms with Crippen molar-refractivity contribution in [1.29, 1.82) is 0 Å². The average Bonchev–Trinajstić information content (AvgIpc) is 3.39. The molecule has 0 radical (unpaired) electrons. The average molecular weight is 485 g/mol. The molecule has 4 aromatic rings. The van der Waals surface area contributed by atoms with Crippen LogP contribution in [0.25, 0.3) is 21.3 Å². The highest BCUT2D eigenvalue weighted by atomic mass is 32.2. The molecule has 9 nitrogen and oxygen atoms in total. The van der Waals surface area contributed by atoms with Crippen molar-refractivity contribution < 1.29 is 13.9 Å². The molecule has 2 amide bonds. The van der Waals surface area contributed by atoms with Gasteiger partial charge in [0.25, 0.3) is 0 Å². The van der Waals surface area contributed by atoms with Gasteiger partial charge in [0.05, 0.1) is 16.4 Å². The lowest BCUT2D eigenvalue weighted by Gasteiger charge is -2.10.